The van der Waals surface area contributed by atoms with Crippen LogP contribution in [0.1, 0.15) is 44.6 Å². The Balaban J connectivity index is 1.27. The highest BCUT2D eigenvalue weighted by molar-refractivity contribution is 6.04. The van der Waals surface area contributed by atoms with E-state index in [0.717, 1.165) is 44.7 Å². The molecule has 4 atom stereocenters. The van der Waals surface area contributed by atoms with Gasteiger partial charge < -0.3 is 20.1 Å². The molecular weight excluding hydrogens is 617 g/mol. The molecule has 4 fully saturated rings. The fourth-order valence-electron chi connectivity index (χ4n) is 8.09. The number of fused-ring (bicyclic) bond motifs is 4. The molecule has 3 saturated heterocycles. The van der Waals surface area contributed by atoms with Crippen LogP contribution >= 0.6 is 0 Å². The minimum Gasteiger partial charge on any atom is -0.508 e. The molecule has 1 saturated carbocycles. The molecule has 4 aromatic rings. The summed E-state index contributed by atoms with van der Waals surface area (Å²) in [6.07, 6.45) is 10.7. The van der Waals surface area contributed by atoms with Crippen LogP contribution in [0, 0.1) is 52.5 Å². The quantitative estimate of drug-likeness (QED) is 0.249. The van der Waals surface area contributed by atoms with Crippen molar-refractivity contribution in [3.8, 4) is 41.3 Å². The number of aromatic hydroxyl groups is 1. The number of hydrogen-bond donors (Lipinski definition) is 2. The highest BCUT2D eigenvalue weighted by Gasteiger charge is 2.45. The third-order valence-electron chi connectivity index (χ3n) is 10.7. The van der Waals surface area contributed by atoms with Gasteiger partial charge in [0.1, 0.15) is 28.7 Å². The van der Waals surface area contributed by atoms with E-state index >= 15 is 8.78 Å². The second-order valence-corrected chi connectivity index (χ2v) is 14.1. The minimum absolute atomic E-state index is 0.0718. The minimum atomic E-state index is -1.01. The zero-order valence-electron chi connectivity index (χ0n) is 26.6. The van der Waals surface area contributed by atoms with Crippen molar-refractivity contribution < 1.29 is 23.0 Å². The number of nitrogens with zero attached hydrogens (tertiary/aromatic N) is 5. The van der Waals surface area contributed by atoms with E-state index < -0.39 is 28.4 Å². The van der Waals surface area contributed by atoms with Gasteiger partial charge >= 0.3 is 6.01 Å². The van der Waals surface area contributed by atoms with E-state index in [1.54, 1.807) is 0 Å². The van der Waals surface area contributed by atoms with Crippen molar-refractivity contribution in [2.45, 2.75) is 57.2 Å². The zero-order valence-corrected chi connectivity index (χ0v) is 26.6. The van der Waals surface area contributed by atoms with E-state index in [1.165, 1.54) is 24.3 Å². The molecule has 2 bridgehead atoms. The zero-order chi connectivity index (χ0) is 33.3. The predicted molar refractivity (Wildman–Crippen MR) is 176 cm³/mol. The number of benzene rings is 3. The molecule has 8 nitrogen and oxygen atoms in total. The molecule has 11 heteroatoms. The molecule has 0 radical (unpaired) electrons. The predicted octanol–water partition coefficient (Wildman–Crippen LogP) is 5.89. The fourth-order valence-corrected chi connectivity index (χ4v) is 8.09. The number of likely N-dealkylation sites (tertiary alicyclic amines) is 1. The van der Waals surface area contributed by atoms with Crippen molar-refractivity contribution in [3.05, 3.63) is 53.3 Å². The summed E-state index contributed by atoms with van der Waals surface area (Å²) in [5.74, 6) is -0.488. The smallest absolute Gasteiger partial charge is 0.319 e. The van der Waals surface area contributed by atoms with E-state index in [2.05, 4.69) is 27.2 Å². The number of nitrogens with one attached hydrogen (secondary N) is 1. The van der Waals surface area contributed by atoms with Crippen molar-refractivity contribution in [2.75, 3.05) is 37.7 Å². The van der Waals surface area contributed by atoms with Crippen molar-refractivity contribution in [3.63, 3.8) is 0 Å². The second kappa shape index (κ2) is 11.5. The summed E-state index contributed by atoms with van der Waals surface area (Å²) >= 11 is 0. The molecule has 8 rings (SSSR count). The topological polar surface area (TPSA) is 97.5 Å². The van der Waals surface area contributed by atoms with Gasteiger partial charge in [-0.2, -0.15) is 15.2 Å². The molecule has 2 N–H and O–H groups in total. The van der Waals surface area contributed by atoms with E-state index in [1.807, 2.05) is 11.8 Å². The lowest BCUT2D eigenvalue weighted by Crippen LogP contribution is -2.51. The lowest BCUT2D eigenvalue weighted by molar-refractivity contribution is 0.0192. The fraction of sp³-hybridized carbons (Fsp3) is 0.432. The monoisotopic (exact) mass is 652 g/mol. The Morgan fingerprint density at radius 1 is 1.06 bits per heavy atom. The van der Waals surface area contributed by atoms with E-state index in [9.17, 15) is 14.8 Å². The number of phenolic OH excluding ortho intramolecular Hbond substituents is 1. The molecule has 4 heterocycles. The molecule has 3 aliphatic heterocycles. The molecule has 246 valence electrons. The highest BCUT2D eigenvalue weighted by Crippen LogP contribution is 2.43. The van der Waals surface area contributed by atoms with Crippen LogP contribution in [-0.4, -0.2) is 70.9 Å². The summed E-state index contributed by atoms with van der Waals surface area (Å²) in [6.45, 7) is 4.94. The van der Waals surface area contributed by atoms with Crippen molar-refractivity contribution in [2.24, 2.45) is 11.3 Å². The molecule has 1 aromatic heterocycles. The summed E-state index contributed by atoms with van der Waals surface area (Å²) in [7, 11) is 0. The maximum atomic E-state index is 16.9. The number of piperidine rings is 1. The van der Waals surface area contributed by atoms with Crippen LogP contribution in [0.3, 0.4) is 0 Å². The number of terminal acetylenes is 1. The SMILES string of the molecule is C#Cc1c(F)ccc2cc(O)cc(-c3c(F)cc4c(N5C[C@H]6CC[C@@H](C5)N6)nc(OC[C@]5(C)CN(C6CC6)CC[C@H]5C#N)nc4c3F)c12. The van der Waals surface area contributed by atoms with Gasteiger partial charge in [0.2, 0.25) is 0 Å². The largest absolute Gasteiger partial charge is 0.508 e. The molecule has 0 spiro atoms. The van der Waals surface area contributed by atoms with E-state index in [-0.39, 0.29) is 63.8 Å². The van der Waals surface area contributed by atoms with Crippen LogP contribution in [0.25, 0.3) is 32.8 Å². The molecule has 3 aromatic carbocycles. The standard InChI is InChI=1S/C37H35F3N6O2/c1-3-26-29(38)9-4-20-12-25(47)13-27(31(20)26)32-30(39)14-28-34(33(32)40)43-36(44-35(28)46-16-22-5-6-23(17-46)42-22)48-19-37(2)18-45(24-7-8-24)11-10-21(37)15-41/h1,4,9,12-14,21-24,42,47H,5-8,10-11,16-19H2,2H3/t21-,22-,23+,37-/m0/s1. The van der Waals surface area contributed by atoms with Crippen LogP contribution in [0.4, 0.5) is 19.0 Å². The van der Waals surface area contributed by atoms with Gasteiger partial charge in [-0.25, -0.2) is 13.2 Å². The lowest BCUT2D eigenvalue weighted by atomic mass is 9.73. The first-order valence-corrected chi connectivity index (χ1v) is 16.5. The Kier molecular flexibility index (Phi) is 7.39. The summed E-state index contributed by atoms with van der Waals surface area (Å²) in [5, 5.41) is 24.8. The van der Waals surface area contributed by atoms with Gasteiger partial charge in [-0.1, -0.05) is 18.9 Å². The number of phenols is 1. The Morgan fingerprint density at radius 3 is 2.54 bits per heavy atom. The van der Waals surface area contributed by atoms with Crippen LogP contribution in [0.2, 0.25) is 0 Å². The average Bonchev–Trinajstić information content (AvgIpc) is 3.87. The number of ether oxygens (including phenoxy) is 1. The van der Waals surface area contributed by atoms with Gasteiger partial charge in [0.25, 0.3) is 0 Å². The summed E-state index contributed by atoms with van der Waals surface area (Å²) in [4.78, 5) is 13.7. The average molecular weight is 653 g/mol. The Hall–Kier alpha value is -4.58. The number of rotatable bonds is 6. The first-order valence-electron chi connectivity index (χ1n) is 16.5. The summed E-state index contributed by atoms with van der Waals surface area (Å²) in [6, 6.07) is 9.67. The number of aromatic nitrogens is 2. The van der Waals surface area contributed by atoms with Crippen LogP contribution in [-0.2, 0) is 0 Å². The maximum Gasteiger partial charge on any atom is 0.319 e. The van der Waals surface area contributed by atoms with Gasteiger partial charge in [-0.15, -0.1) is 6.42 Å². The van der Waals surface area contributed by atoms with Crippen LogP contribution in [0.5, 0.6) is 11.8 Å². The van der Waals surface area contributed by atoms with Gasteiger partial charge in [-0.3, -0.25) is 4.90 Å². The van der Waals surface area contributed by atoms with Crippen molar-refractivity contribution >= 4 is 27.5 Å². The van der Waals surface area contributed by atoms with Gasteiger partial charge in [0, 0.05) is 59.5 Å². The van der Waals surface area contributed by atoms with Gasteiger partial charge in [0.15, 0.2) is 5.82 Å². The van der Waals surface area contributed by atoms with Crippen LogP contribution in [0.15, 0.2) is 30.3 Å². The summed E-state index contributed by atoms with van der Waals surface area (Å²) < 4.78 is 54.4. The number of nitriles is 1. The van der Waals surface area contributed by atoms with E-state index in [4.69, 9.17) is 16.1 Å². The number of piperazine rings is 1. The number of anilines is 1. The number of halogens is 3. The molecule has 0 unspecified atom stereocenters. The third-order valence-corrected chi connectivity index (χ3v) is 10.7. The van der Waals surface area contributed by atoms with Crippen molar-refractivity contribution in [1.29, 1.82) is 5.26 Å². The van der Waals surface area contributed by atoms with Crippen molar-refractivity contribution in [1.82, 2.24) is 20.2 Å². The third kappa shape index (κ3) is 5.17. The Labute approximate surface area is 276 Å². The molecular formula is C37H35F3N6O2. The van der Waals surface area contributed by atoms with Crippen LogP contribution < -0.4 is 15.0 Å². The second-order valence-electron chi connectivity index (χ2n) is 14.1. The highest BCUT2D eigenvalue weighted by atomic mass is 19.1. The molecule has 1 aliphatic carbocycles. The summed E-state index contributed by atoms with van der Waals surface area (Å²) in [5.41, 5.74) is -1.43. The normalized spacial score (nSPS) is 25.7. The Morgan fingerprint density at radius 2 is 1.83 bits per heavy atom. The molecule has 48 heavy (non-hydrogen) atoms. The first-order chi connectivity index (χ1) is 23.2. The lowest BCUT2D eigenvalue weighted by Gasteiger charge is -2.43. The number of hydrogen-bond acceptors (Lipinski definition) is 8. The maximum absolute atomic E-state index is 16.9. The van der Waals surface area contributed by atoms with E-state index in [0.29, 0.717) is 36.9 Å². The molecule has 0 amide bonds. The Bertz CT molecular complexity index is 2040. The molecule has 4 aliphatic rings. The first kappa shape index (κ1) is 30.7. The van der Waals surface area contributed by atoms with Gasteiger partial charge in [0.05, 0.1) is 29.7 Å². The van der Waals surface area contributed by atoms with Gasteiger partial charge in [-0.05, 0) is 68.3 Å².